The molecule has 0 saturated carbocycles. The monoisotopic (exact) mass is 460 g/mol. The fourth-order valence-corrected chi connectivity index (χ4v) is 4.35. The SMILES string of the molecule is COc1ccc2c(c1)C(c1ccc(Cl)cc1)=N[C@H](CCCS(=O)(=O)O)c1nnc(C)n1-2. The third-order valence-corrected chi connectivity index (χ3v) is 6.19. The zero-order valence-corrected chi connectivity index (χ0v) is 18.6. The first kappa shape index (κ1) is 21.5. The highest BCUT2D eigenvalue weighted by molar-refractivity contribution is 7.85. The van der Waals surface area contributed by atoms with E-state index in [1.165, 1.54) is 0 Å². The molecule has 31 heavy (non-hydrogen) atoms. The van der Waals surface area contributed by atoms with Crippen molar-refractivity contribution in [3.8, 4) is 11.4 Å². The normalized spacial score (nSPS) is 15.6. The lowest BCUT2D eigenvalue weighted by Crippen LogP contribution is -2.09. The van der Waals surface area contributed by atoms with Crippen LogP contribution in [0.25, 0.3) is 5.69 Å². The zero-order chi connectivity index (χ0) is 22.2. The van der Waals surface area contributed by atoms with E-state index < -0.39 is 16.2 Å². The number of nitrogens with zero attached hydrogens (tertiary/aromatic N) is 4. The molecule has 1 aliphatic rings. The van der Waals surface area contributed by atoms with E-state index in [1.54, 1.807) is 19.2 Å². The molecular formula is C21H21ClN4O4S. The number of aryl methyl sites for hydroxylation is 1. The van der Waals surface area contributed by atoms with Crippen molar-refractivity contribution in [3.63, 3.8) is 0 Å². The quantitative estimate of drug-likeness (QED) is 0.561. The van der Waals surface area contributed by atoms with E-state index >= 15 is 0 Å². The van der Waals surface area contributed by atoms with E-state index in [4.69, 9.17) is 25.9 Å². The second kappa shape index (κ2) is 8.41. The number of fused-ring (bicyclic) bond motifs is 3. The number of aromatic nitrogens is 3. The first-order valence-electron chi connectivity index (χ1n) is 9.66. The highest BCUT2D eigenvalue weighted by atomic mass is 35.5. The number of aliphatic imine (C=N–C) groups is 1. The van der Waals surface area contributed by atoms with Gasteiger partial charge in [0.2, 0.25) is 0 Å². The van der Waals surface area contributed by atoms with Gasteiger partial charge in [0.15, 0.2) is 5.82 Å². The summed E-state index contributed by atoms with van der Waals surface area (Å²) in [4.78, 5) is 4.98. The summed E-state index contributed by atoms with van der Waals surface area (Å²) in [5.41, 5.74) is 3.26. The van der Waals surface area contributed by atoms with Gasteiger partial charge >= 0.3 is 0 Å². The molecule has 0 fully saturated rings. The maximum atomic E-state index is 11.2. The Bertz CT molecular complexity index is 1250. The standard InChI is InChI=1S/C21H21ClN4O4S/c1-13-24-25-21-18(4-3-11-31(27,28)29)23-20(14-5-7-15(22)8-6-14)17-12-16(30-2)9-10-19(17)26(13)21/h5-10,12,18H,3-4,11H2,1-2H3,(H,27,28,29)/t18-/m1/s1. The Hall–Kier alpha value is -2.75. The van der Waals surface area contributed by atoms with Gasteiger partial charge in [-0.3, -0.25) is 14.1 Å². The van der Waals surface area contributed by atoms with Crippen LogP contribution in [0.5, 0.6) is 5.75 Å². The zero-order valence-electron chi connectivity index (χ0n) is 17.0. The fraction of sp³-hybridized carbons (Fsp3) is 0.286. The van der Waals surface area contributed by atoms with Crippen LogP contribution in [0.1, 0.15) is 41.7 Å². The van der Waals surface area contributed by atoms with Crippen LogP contribution in [0, 0.1) is 6.92 Å². The molecule has 8 nitrogen and oxygen atoms in total. The molecule has 0 saturated heterocycles. The van der Waals surface area contributed by atoms with Crippen molar-refractivity contribution >= 4 is 27.4 Å². The molecule has 2 aromatic carbocycles. The molecule has 0 unspecified atom stereocenters. The van der Waals surface area contributed by atoms with E-state index in [0.29, 0.717) is 34.6 Å². The fourth-order valence-electron chi connectivity index (χ4n) is 3.69. The van der Waals surface area contributed by atoms with E-state index in [-0.39, 0.29) is 12.2 Å². The van der Waals surface area contributed by atoms with Gasteiger partial charge in [0.25, 0.3) is 10.1 Å². The Morgan fingerprint density at radius 1 is 1.16 bits per heavy atom. The number of rotatable bonds is 6. The van der Waals surface area contributed by atoms with Crippen LogP contribution < -0.4 is 4.74 Å². The van der Waals surface area contributed by atoms with Gasteiger partial charge in [-0.1, -0.05) is 23.7 Å². The second-order valence-electron chi connectivity index (χ2n) is 7.25. The van der Waals surface area contributed by atoms with Crippen molar-refractivity contribution in [2.45, 2.75) is 25.8 Å². The summed E-state index contributed by atoms with van der Waals surface area (Å²) in [5.74, 6) is 1.64. The number of hydrogen-bond acceptors (Lipinski definition) is 6. The van der Waals surface area contributed by atoms with Crippen molar-refractivity contribution in [1.29, 1.82) is 0 Å². The third-order valence-electron chi connectivity index (χ3n) is 5.13. The molecule has 0 bridgehead atoms. The molecule has 0 radical (unpaired) electrons. The molecule has 4 rings (SSSR count). The number of benzene rings is 2. The van der Waals surface area contributed by atoms with Gasteiger partial charge in [0, 0.05) is 16.1 Å². The van der Waals surface area contributed by atoms with Gasteiger partial charge in [-0.25, -0.2) is 0 Å². The molecule has 1 aliphatic heterocycles. The molecule has 0 spiro atoms. The minimum Gasteiger partial charge on any atom is -0.497 e. The number of methoxy groups -OCH3 is 1. The number of halogens is 1. The van der Waals surface area contributed by atoms with Crippen LogP contribution in [0.15, 0.2) is 47.5 Å². The average Bonchev–Trinajstić information content (AvgIpc) is 3.04. The van der Waals surface area contributed by atoms with Crippen LogP contribution in [0.2, 0.25) is 5.02 Å². The van der Waals surface area contributed by atoms with Crippen LogP contribution in [-0.2, 0) is 10.1 Å². The van der Waals surface area contributed by atoms with Crippen molar-refractivity contribution in [1.82, 2.24) is 14.8 Å². The highest BCUT2D eigenvalue weighted by Crippen LogP contribution is 2.34. The van der Waals surface area contributed by atoms with E-state index in [2.05, 4.69) is 10.2 Å². The van der Waals surface area contributed by atoms with Crippen LogP contribution in [0.4, 0.5) is 0 Å². The lowest BCUT2D eigenvalue weighted by atomic mass is 10.00. The Balaban J connectivity index is 1.90. The van der Waals surface area contributed by atoms with Gasteiger partial charge in [0.1, 0.15) is 17.6 Å². The first-order chi connectivity index (χ1) is 14.8. The Kier molecular flexibility index (Phi) is 5.83. The maximum absolute atomic E-state index is 11.2. The summed E-state index contributed by atoms with van der Waals surface area (Å²) in [6.45, 7) is 1.85. The predicted octanol–water partition coefficient (Wildman–Crippen LogP) is 3.80. The smallest absolute Gasteiger partial charge is 0.264 e. The van der Waals surface area contributed by atoms with E-state index in [1.807, 2.05) is 41.8 Å². The Morgan fingerprint density at radius 2 is 1.90 bits per heavy atom. The summed E-state index contributed by atoms with van der Waals surface area (Å²) in [7, 11) is -2.46. The highest BCUT2D eigenvalue weighted by Gasteiger charge is 2.28. The maximum Gasteiger partial charge on any atom is 0.264 e. The van der Waals surface area contributed by atoms with Crippen LogP contribution in [-0.4, -0.2) is 46.3 Å². The average molecular weight is 461 g/mol. The van der Waals surface area contributed by atoms with Crippen LogP contribution >= 0.6 is 11.6 Å². The molecule has 0 aliphatic carbocycles. The van der Waals surface area contributed by atoms with E-state index in [9.17, 15) is 8.42 Å². The predicted molar refractivity (Wildman–Crippen MR) is 118 cm³/mol. The minimum atomic E-state index is -4.06. The summed E-state index contributed by atoms with van der Waals surface area (Å²) in [6.07, 6.45) is 0.604. The molecule has 2 heterocycles. The summed E-state index contributed by atoms with van der Waals surface area (Å²) in [5, 5.41) is 9.18. The Morgan fingerprint density at radius 3 is 2.58 bits per heavy atom. The molecule has 10 heteroatoms. The van der Waals surface area contributed by atoms with Gasteiger partial charge in [-0.15, -0.1) is 10.2 Å². The number of hydrogen-bond donors (Lipinski definition) is 1. The molecule has 3 aromatic rings. The van der Waals surface area contributed by atoms with Crippen molar-refractivity contribution < 1.29 is 17.7 Å². The molecule has 1 aromatic heterocycles. The molecule has 0 amide bonds. The minimum absolute atomic E-state index is 0.229. The van der Waals surface area contributed by atoms with Gasteiger partial charge < -0.3 is 4.74 Å². The third kappa shape index (κ3) is 4.48. The second-order valence-corrected chi connectivity index (χ2v) is 9.26. The molecule has 162 valence electrons. The van der Waals surface area contributed by atoms with Gasteiger partial charge in [-0.2, -0.15) is 8.42 Å². The summed E-state index contributed by atoms with van der Waals surface area (Å²) < 4.78 is 38.9. The van der Waals surface area contributed by atoms with Crippen molar-refractivity contribution in [3.05, 3.63) is 70.3 Å². The largest absolute Gasteiger partial charge is 0.497 e. The Labute approximate surface area is 185 Å². The lowest BCUT2D eigenvalue weighted by Gasteiger charge is -2.14. The topological polar surface area (TPSA) is 107 Å². The van der Waals surface area contributed by atoms with Crippen molar-refractivity contribution in [2.75, 3.05) is 12.9 Å². The molecule has 1 N–H and O–H groups in total. The number of ether oxygens (including phenoxy) is 1. The first-order valence-corrected chi connectivity index (χ1v) is 11.6. The molecular weight excluding hydrogens is 440 g/mol. The lowest BCUT2D eigenvalue weighted by molar-refractivity contribution is 0.414. The van der Waals surface area contributed by atoms with Crippen molar-refractivity contribution in [2.24, 2.45) is 4.99 Å². The molecule has 1 atom stereocenters. The summed E-state index contributed by atoms with van der Waals surface area (Å²) >= 11 is 6.08. The van der Waals surface area contributed by atoms with Crippen LogP contribution in [0.3, 0.4) is 0 Å². The van der Waals surface area contributed by atoms with Gasteiger partial charge in [0.05, 0.1) is 24.3 Å². The van der Waals surface area contributed by atoms with Gasteiger partial charge in [-0.05, 0) is 50.1 Å². The van der Waals surface area contributed by atoms with E-state index in [0.717, 1.165) is 16.8 Å². The summed E-state index contributed by atoms with van der Waals surface area (Å²) in [6, 6.07) is 12.6.